The number of aliphatic hydroxyl groups is 1. The fourth-order valence-electron chi connectivity index (χ4n) is 3.60. The maximum Gasteiger partial charge on any atom is 0.0590 e. The molecule has 1 saturated carbocycles. The molecule has 1 aromatic carbocycles. The van der Waals surface area contributed by atoms with Crippen molar-refractivity contribution >= 4 is 5.69 Å². The van der Waals surface area contributed by atoms with Crippen LogP contribution in [0.1, 0.15) is 39.2 Å². The number of anilines is 1. The van der Waals surface area contributed by atoms with E-state index in [9.17, 15) is 5.11 Å². The summed E-state index contributed by atoms with van der Waals surface area (Å²) >= 11 is 0. The van der Waals surface area contributed by atoms with Crippen molar-refractivity contribution in [2.75, 3.05) is 18.0 Å². The van der Waals surface area contributed by atoms with Crippen LogP contribution in [0.15, 0.2) is 24.3 Å². The lowest BCUT2D eigenvalue weighted by Crippen LogP contribution is -2.42. The van der Waals surface area contributed by atoms with Gasteiger partial charge >= 0.3 is 0 Å². The Morgan fingerprint density at radius 2 is 1.80 bits per heavy atom. The monoisotopic (exact) mass is 275 g/mol. The molecule has 20 heavy (non-hydrogen) atoms. The highest BCUT2D eigenvalue weighted by Crippen LogP contribution is 2.35. The van der Waals surface area contributed by atoms with Crippen molar-refractivity contribution in [3.05, 3.63) is 29.8 Å². The van der Waals surface area contributed by atoms with Crippen LogP contribution in [0.4, 0.5) is 5.69 Å². The summed E-state index contributed by atoms with van der Waals surface area (Å²) < 4.78 is 0. The highest BCUT2D eigenvalue weighted by Gasteiger charge is 2.33. The van der Waals surface area contributed by atoms with Gasteiger partial charge in [-0.3, -0.25) is 0 Å². The summed E-state index contributed by atoms with van der Waals surface area (Å²) in [6.45, 7) is 10.8. The molecule has 1 aliphatic carbocycles. The van der Waals surface area contributed by atoms with Crippen LogP contribution in [0.2, 0.25) is 0 Å². The number of benzene rings is 1. The van der Waals surface area contributed by atoms with E-state index in [-0.39, 0.29) is 6.10 Å². The molecule has 0 saturated heterocycles. The molecule has 1 N–H and O–H groups in total. The summed E-state index contributed by atoms with van der Waals surface area (Å²) in [7, 11) is 0. The topological polar surface area (TPSA) is 23.5 Å². The summed E-state index contributed by atoms with van der Waals surface area (Å²) in [6, 6.07) is 8.73. The predicted octanol–water partition coefficient (Wildman–Crippen LogP) is 3.86. The van der Waals surface area contributed by atoms with Gasteiger partial charge in [-0.1, -0.05) is 31.5 Å². The van der Waals surface area contributed by atoms with E-state index in [1.807, 2.05) is 0 Å². The zero-order chi connectivity index (χ0) is 14.7. The van der Waals surface area contributed by atoms with E-state index in [2.05, 4.69) is 56.9 Å². The molecule has 4 unspecified atom stereocenters. The average molecular weight is 275 g/mol. The Labute approximate surface area is 123 Å². The zero-order valence-corrected chi connectivity index (χ0v) is 13.3. The molecule has 1 aromatic rings. The van der Waals surface area contributed by atoms with Crippen molar-refractivity contribution in [2.45, 2.75) is 46.6 Å². The standard InChI is InChI=1S/C18H29NO/c1-5-19(16-8-6-13(2)7-9-16)12-17-15(4)10-14(3)11-18(17)20/h6-9,14-15,17-18,20H,5,10-12H2,1-4H3. The van der Waals surface area contributed by atoms with Gasteiger partial charge in [0.1, 0.15) is 0 Å². The van der Waals surface area contributed by atoms with Crippen molar-refractivity contribution < 1.29 is 5.11 Å². The van der Waals surface area contributed by atoms with Crippen LogP contribution in [0, 0.1) is 24.7 Å². The Bertz CT molecular complexity index is 402. The Hall–Kier alpha value is -1.02. The molecule has 0 radical (unpaired) electrons. The lowest BCUT2D eigenvalue weighted by Gasteiger charge is -2.40. The lowest BCUT2D eigenvalue weighted by molar-refractivity contribution is 0.0201. The molecule has 0 aromatic heterocycles. The van der Waals surface area contributed by atoms with Gasteiger partial charge in [0.25, 0.3) is 0 Å². The Kier molecular flexibility index (Phi) is 5.09. The second-order valence-corrected chi connectivity index (χ2v) is 6.66. The molecular formula is C18H29NO. The van der Waals surface area contributed by atoms with Crippen LogP contribution in [0.3, 0.4) is 0 Å². The van der Waals surface area contributed by atoms with Gasteiger partial charge in [-0.05, 0) is 50.7 Å². The summed E-state index contributed by atoms with van der Waals surface area (Å²) in [5.74, 6) is 1.66. The van der Waals surface area contributed by atoms with Crippen LogP contribution in [-0.2, 0) is 0 Å². The van der Waals surface area contributed by atoms with Crippen molar-refractivity contribution in [1.29, 1.82) is 0 Å². The number of rotatable bonds is 4. The molecule has 0 heterocycles. The SMILES string of the molecule is CCN(CC1C(C)CC(C)CC1O)c1ccc(C)cc1. The van der Waals surface area contributed by atoms with Crippen molar-refractivity contribution in [3.8, 4) is 0 Å². The quantitative estimate of drug-likeness (QED) is 0.902. The first-order valence-electron chi connectivity index (χ1n) is 8.01. The van der Waals surface area contributed by atoms with E-state index >= 15 is 0 Å². The number of nitrogens with zero attached hydrogens (tertiary/aromatic N) is 1. The third-order valence-corrected chi connectivity index (χ3v) is 4.86. The van der Waals surface area contributed by atoms with Crippen LogP contribution in [0.5, 0.6) is 0 Å². The van der Waals surface area contributed by atoms with Gasteiger partial charge in [-0.2, -0.15) is 0 Å². The second kappa shape index (κ2) is 6.62. The minimum Gasteiger partial charge on any atom is -0.393 e. The van der Waals surface area contributed by atoms with Gasteiger partial charge in [-0.15, -0.1) is 0 Å². The van der Waals surface area contributed by atoms with Gasteiger partial charge in [0.2, 0.25) is 0 Å². The summed E-state index contributed by atoms with van der Waals surface area (Å²) in [6.07, 6.45) is 2.06. The van der Waals surface area contributed by atoms with Gasteiger partial charge in [0.05, 0.1) is 6.10 Å². The van der Waals surface area contributed by atoms with Gasteiger partial charge in [0.15, 0.2) is 0 Å². The molecule has 0 aliphatic heterocycles. The van der Waals surface area contributed by atoms with E-state index in [0.717, 1.165) is 19.5 Å². The lowest BCUT2D eigenvalue weighted by atomic mass is 9.73. The molecule has 2 nitrogen and oxygen atoms in total. The molecule has 0 spiro atoms. The largest absolute Gasteiger partial charge is 0.393 e. The van der Waals surface area contributed by atoms with E-state index in [4.69, 9.17) is 0 Å². The summed E-state index contributed by atoms with van der Waals surface area (Å²) in [5.41, 5.74) is 2.57. The van der Waals surface area contributed by atoms with Crippen molar-refractivity contribution in [3.63, 3.8) is 0 Å². The van der Waals surface area contributed by atoms with Crippen LogP contribution in [-0.4, -0.2) is 24.3 Å². The van der Waals surface area contributed by atoms with Crippen LogP contribution < -0.4 is 4.90 Å². The molecule has 1 aliphatic rings. The fraction of sp³-hybridized carbons (Fsp3) is 0.667. The summed E-state index contributed by atoms with van der Waals surface area (Å²) in [5, 5.41) is 10.4. The Morgan fingerprint density at radius 3 is 2.35 bits per heavy atom. The van der Waals surface area contributed by atoms with Crippen LogP contribution >= 0.6 is 0 Å². The van der Waals surface area contributed by atoms with Crippen molar-refractivity contribution in [2.24, 2.45) is 17.8 Å². The minimum absolute atomic E-state index is 0.145. The van der Waals surface area contributed by atoms with E-state index in [1.165, 1.54) is 17.7 Å². The highest BCUT2D eigenvalue weighted by molar-refractivity contribution is 5.47. The third-order valence-electron chi connectivity index (χ3n) is 4.86. The first-order valence-corrected chi connectivity index (χ1v) is 8.01. The number of hydrogen-bond acceptors (Lipinski definition) is 2. The minimum atomic E-state index is -0.145. The molecule has 0 bridgehead atoms. The first kappa shape index (κ1) is 15.4. The number of aliphatic hydroxyl groups excluding tert-OH is 1. The normalized spacial score (nSPS) is 30.2. The maximum atomic E-state index is 10.4. The van der Waals surface area contributed by atoms with E-state index < -0.39 is 0 Å². The van der Waals surface area contributed by atoms with E-state index in [0.29, 0.717) is 17.8 Å². The maximum absolute atomic E-state index is 10.4. The summed E-state index contributed by atoms with van der Waals surface area (Å²) in [4.78, 5) is 2.40. The fourth-order valence-corrected chi connectivity index (χ4v) is 3.60. The average Bonchev–Trinajstić information content (AvgIpc) is 2.39. The molecule has 2 rings (SSSR count). The smallest absolute Gasteiger partial charge is 0.0590 e. The molecule has 0 amide bonds. The Balaban J connectivity index is 2.07. The van der Waals surface area contributed by atoms with Crippen LogP contribution in [0.25, 0.3) is 0 Å². The van der Waals surface area contributed by atoms with Gasteiger partial charge < -0.3 is 10.0 Å². The first-order chi connectivity index (χ1) is 9.51. The predicted molar refractivity (Wildman–Crippen MR) is 86.1 cm³/mol. The molecule has 4 atom stereocenters. The van der Waals surface area contributed by atoms with Gasteiger partial charge in [0, 0.05) is 24.7 Å². The van der Waals surface area contributed by atoms with Crippen molar-refractivity contribution in [1.82, 2.24) is 0 Å². The zero-order valence-electron chi connectivity index (χ0n) is 13.3. The third kappa shape index (κ3) is 3.54. The molecule has 112 valence electrons. The van der Waals surface area contributed by atoms with Gasteiger partial charge in [-0.25, -0.2) is 0 Å². The second-order valence-electron chi connectivity index (χ2n) is 6.66. The Morgan fingerprint density at radius 1 is 1.15 bits per heavy atom. The highest BCUT2D eigenvalue weighted by atomic mass is 16.3. The molecular weight excluding hydrogens is 246 g/mol. The van der Waals surface area contributed by atoms with E-state index in [1.54, 1.807) is 0 Å². The molecule has 1 fully saturated rings. The number of hydrogen-bond donors (Lipinski definition) is 1. The number of aryl methyl sites for hydroxylation is 1. The molecule has 2 heteroatoms.